The van der Waals surface area contributed by atoms with Gasteiger partial charge in [0.2, 0.25) is 5.71 Å². The van der Waals surface area contributed by atoms with Crippen LogP contribution in [0, 0.1) is 19.0 Å². The van der Waals surface area contributed by atoms with Gasteiger partial charge in [-0.2, -0.15) is 0 Å². The minimum atomic E-state index is -2.27. The Balaban J connectivity index is 0.000000213. The summed E-state index contributed by atoms with van der Waals surface area (Å²) < 4.78 is 30.1. The fourth-order valence-corrected chi connectivity index (χ4v) is 6.44. The van der Waals surface area contributed by atoms with E-state index in [2.05, 4.69) is 28.2 Å². The Bertz CT molecular complexity index is 2000. The first-order valence-corrected chi connectivity index (χ1v) is 13.8. The van der Waals surface area contributed by atoms with E-state index in [0.29, 0.717) is 11.3 Å². The van der Waals surface area contributed by atoms with Crippen LogP contribution >= 0.6 is 11.3 Å². The quantitative estimate of drug-likeness (QED) is 0.168. The van der Waals surface area contributed by atoms with Crippen molar-refractivity contribution in [2.45, 2.75) is 32.5 Å². The van der Waals surface area contributed by atoms with Crippen molar-refractivity contribution in [3.05, 3.63) is 113 Å². The molecule has 0 amide bonds. The van der Waals surface area contributed by atoms with E-state index >= 15 is 0 Å². The van der Waals surface area contributed by atoms with E-state index in [4.69, 9.17) is 13.5 Å². The molecule has 0 spiro atoms. The zero-order valence-corrected chi connectivity index (χ0v) is 24.6. The Morgan fingerprint density at radius 3 is 2.65 bits per heavy atom. The van der Waals surface area contributed by atoms with Crippen molar-refractivity contribution < 1.29 is 28.6 Å². The van der Waals surface area contributed by atoms with Gasteiger partial charge in [0.1, 0.15) is 0 Å². The second kappa shape index (κ2) is 11.4. The monoisotopic (exact) mass is 719 g/mol. The Hall–Kier alpha value is -3.70. The number of fused-ring (bicyclic) bond motifs is 6. The summed E-state index contributed by atoms with van der Waals surface area (Å²) in [6.45, 7) is -2.27. The maximum atomic E-state index is 7.61. The molecular formula is C34H25IrN3OS-2. The topological polar surface area (TPSA) is 51.8 Å². The summed E-state index contributed by atoms with van der Waals surface area (Å²) in [5.41, 5.74) is 6.06. The summed E-state index contributed by atoms with van der Waals surface area (Å²) in [6.07, 6.45) is 8.52. The molecule has 4 nitrogen and oxygen atoms in total. The summed E-state index contributed by atoms with van der Waals surface area (Å²) in [5, 5.41) is 2.96. The van der Waals surface area contributed by atoms with Crippen molar-refractivity contribution in [1.29, 1.82) is 0 Å². The molecule has 2 aromatic carbocycles. The number of aryl methyl sites for hydroxylation is 3. The van der Waals surface area contributed by atoms with Gasteiger partial charge in [0.05, 0.1) is 10.3 Å². The predicted octanol–water partition coefficient (Wildman–Crippen LogP) is 8.79. The molecule has 5 aromatic heterocycles. The number of furan rings is 1. The molecule has 0 saturated heterocycles. The first kappa shape index (κ1) is 23.0. The Kier molecular flexibility index (Phi) is 6.58. The fraction of sp³-hybridized carbons (Fsp3) is 0.147. The predicted molar refractivity (Wildman–Crippen MR) is 159 cm³/mol. The zero-order valence-electron chi connectivity index (χ0n) is 24.4. The van der Waals surface area contributed by atoms with Gasteiger partial charge in [-0.25, -0.2) is 4.98 Å². The molecule has 0 fully saturated rings. The maximum Gasteiger partial charge on any atom is 0.216 e. The standard InChI is InChI=1S/C23H17N2OS.C11H8N.Ir/c1-13-9-10-16-15-6-4-7-17(22(15)26-23(16)25-13)19-11-18-14-5-2-3-8-20(14)27-21(18)12-24-19;1-2-6-10(7-3-1)11-8-4-5-9-12-11;/h4,6,9-12H,2-3,5,8H2,1H3;1-6,8-9H;/q2*-1;/i1D3;;. The molecule has 0 bridgehead atoms. The van der Waals surface area contributed by atoms with Crippen LogP contribution in [0.1, 0.15) is 33.1 Å². The molecule has 1 aliphatic carbocycles. The number of pyridine rings is 3. The molecule has 0 aliphatic heterocycles. The van der Waals surface area contributed by atoms with E-state index in [0.717, 1.165) is 46.1 Å². The third-order valence-corrected chi connectivity index (χ3v) is 8.29. The van der Waals surface area contributed by atoms with Gasteiger partial charge in [0, 0.05) is 52.6 Å². The molecule has 1 radical (unpaired) electrons. The van der Waals surface area contributed by atoms with E-state index in [1.807, 2.05) is 72.1 Å². The minimum Gasteiger partial charge on any atom is -0.486 e. The number of aromatic nitrogens is 3. The molecule has 199 valence electrons. The molecule has 5 heterocycles. The van der Waals surface area contributed by atoms with Gasteiger partial charge in [0.25, 0.3) is 0 Å². The fourth-order valence-electron chi connectivity index (χ4n) is 5.19. The van der Waals surface area contributed by atoms with Crippen LogP contribution in [-0.2, 0) is 32.9 Å². The van der Waals surface area contributed by atoms with Gasteiger partial charge in [-0.05, 0) is 73.1 Å². The van der Waals surface area contributed by atoms with Crippen molar-refractivity contribution in [2.24, 2.45) is 0 Å². The van der Waals surface area contributed by atoms with E-state index in [-0.39, 0.29) is 25.8 Å². The van der Waals surface area contributed by atoms with Crippen LogP contribution in [0.2, 0.25) is 0 Å². The second-order valence-corrected chi connectivity index (χ2v) is 10.7. The van der Waals surface area contributed by atoms with E-state index in [1.54, 1.807) is 18.3 Å². The SMILES string of the molecule is [2H]C([2H])([2H])c1ccc2c(n1)oc1c(-c3cc4c5c(sc4cn3)CCCC5)[c-]ccc12.[Ir].[c-]1ccccc1-c1ccccn1. The molecule has 8 rings (SSSR count). The van der Waals surface area contributed by atoms with Gasteiger partial charge < -0.3 is 14.4 Å². The van der Waals surface area contributed by atoms with Crippen LogP contribution in [0.15, 0.2) is 89.6 Å². The van der Waals surface area contributed by atoms with Gasteiger partial charge in [0.15, 0.2) is 0 Å². The summed E-state index contributed by atoms with van der Waals surface area (Å²) in [7, 11) is 0. The normalized spacial score (nSPS) is 13.9. The van der Waals surface area contributed by atoms with E-state index in [1.165, 1.54) is 33.4 Å². The van der Waals surface area contributed by atoms with Crippen molar-refractivity contribution in [1.82, 2.24) is 15.0 Å². The van der Waals surface area contributed by atoms with Crippen LogP contribution in [0.25, 0.3) is 54.7 Å². The van der Waals surface area contributed by atoms with Crippen LogP contribution in [0.5, 0.6) is 0 Å². The summed E-state index contributed by atoms with van der Waals surface area (Å²) in [6, 6.07) is 29.3. The Labute approximate surface area is 254 Å². The van der Waals surface area contributed by atoms with Crippen LogP contribution in [0.4, 0.5) is 0 Å². The molecule has 7 aromatic rings. The number of benzene rings is 2. The van der Waals surface area contributed by atoms with Gasteiger partial charge in [-0.3, -0.25) is 0 Å². The molecule has 0 N–H and O–H groups in total. The van der Waals surface area contributed by atoms with Crippen LogP contribution < -0.4 is 0 Å². The first-order valence-electron chi connectivity index (χ1n) is 14.5. The summed E-state index contributed by atoms with van der Waals surface area (Å²) >= 11 is 1.86. The van der Waals surface area contributed by atoms with Gasteiger partial charge >= 0.3 is 0 Å². The van der Waals surface area contributed by atoms with Crippen LogP contribution in [-0.4, -0.2) is 15.0 Å². The third-order valence-electron chi connectivity index (χ3n) is 7.05. The summed E-state index contributed by atoms with van der Waals surface area (Å²) in [4.78, 5) is 14.7. The molecule has 40 heavy (non-hydrogen) atoms. The van der Waals surface area contributed by atoms with Crippen molar-refractivity contribution in [2.75, 3.05) is 0 Å². The first-order chi connectivity index (χ1) is 20.5. The average Bonchev–Trinajstić information content (AvgIpc) is 3.59. The molecule has 0 saturated carbocycles. The molecular weight excluding hydrogens is 691 g/mol. The Morgan fingerprint density at radius 1 is 0.875 bits per heavy atom. The Morgan fingerprint density at radius 2 is 1.80 bits per heavy atom. The second-order valence-electron chi connectivity index (χ2n) is 9.51. The number of rotatable bonds is 2. The van der Waals surface area contributed by atoms with Crippen molar-refractivity contribution in [3.63, 3.8) is 0 Å². The number of thiophene rings is 1. The third kappa shape index (κ3) is 4.99. The van der Waals surface area contributed by atoms with Crippen LogP contribution in [0.3, 0.4) is 0 Å². The van der Waals surface area contributed by atoms with Crippen molar-refractivity contribution in [3.8, 4) is 22.5 Å². The summed E-state index contributed by atoms with van der Waals surface area (Å²) in [5.74, 6) is 0. The van der Waals surface area contributed by atoms with E-state index < -0.39 is 6.85 Å². The number of nitrogens with zero attached hydrogens (tertiary/aromatic N) is 3. The molecule has 6 heteroatoms. The van der Waals surface area contributed by atoms with Gasteiger partial charge in [-0.1, -0.05) is 29.1 Å². The zero-order chi connectivity index (χ0) is 28.7. The van der Waals surface area contributed by atoms with Gasteiger partial charge in [-0.15, -0.1) is 65.4 Å². The largest absolute Gasteiger partial charge is 0.486 e. The minimum absolute atomic E-state index is 0. The molecule has 0 unspecified atom stereocenters. The smallest absolute Gasteiger partial charge is 0.216 e. The molecule has 0 atom stereocenters. The maximum absolute atomic E-state index is 7.61. The van der Waals surface area contributed by atoms with Crippen molar-refractivity contribution >= 4 is 43.5 Å². The molecule has 1 aliphatic rings. The van der Waals surface area contributed by atoms with E-state index in [9.17, 15) is 0 Å². The number of hydrogen-bond acceptors (Lipinski definition) is 5. The average molecular weight is 719 g/mol. The number of hydrogen-bond donors (Lipinski definition) is 0.